The van der Waals surface area contributed by atoms with Crippen molar-refractivity contribution in [2.75, 3.05) is 19.0 Å². The fourth-order valence-electron chi connectivity index (χ4n) is 3.40. The van der Waals surface area contributed by atoms with Crippen LogP contribution in [0.2, 0.25) is 0 Å². The Balaban J connectivity index is 1.56. The van der Waals surface area contributed by atoms with Crippen LogP contribution in [0.5, 0.6) is 11.5 Å². The molecule has 0 saturated carbocycles. The van der Waals surface area contributed by atoms with Crippen LogP contribution in [0, 0.1) is 0 Å². The van der Waals surface area contributed by atoms with Crippen molar-refractivity contribution in [1.29, 1.82) is 0 Å². The van der Waals surface area contributed by atoms with Gasteiger partial charge >= 0.3 is 0 Å². The number of fused-ring (bicyclic) bond motifs is 1. The number of hydrogen-bond donors (Lipinski definition) is 2. The zero-order chi connectivity index (χ0) is 22.3. The van der Waals surface area contributed by atoms with Crippen LogP contribution in [0.3, 0.4) is 0 Å². The quantitative estimate of drug-likeness (QED) is 0.398. The number of pyridine rings is 1. The second kappa shape index (κ2) is 9.83. The third kappa shape index (κ3) is 4.98. The van der Waals surface area contributed by atoms with E-state index >= 15 is 0 Å². The Bertz CT molecular complexity index is 1210. The molecule has 0 unspecified atom stereocenters. The average Bonchev–Trinajstić information content (AvgIpc) is 2.84. The van der Waals surface area contributed by atoms with E-state index < -0.39 is 0 Å². The Labute approximate surface area is 187 Å². The highest BCUT2D eigenvalue weighted by molar-refractivity contribution is 6.07. The first-order chi connectivity index (χ1) is 15.7. The summed E-state index contributed by atoms with van der Waals surface area (Å²) in [6.45, 7) is 2.99. The number of methoxy groups -OCH3 is 1. The summed E-state index contributed by atoms with van der Waals surface area (Å²) in [5.41, 5.74) is 3.17. The van der Waals surface area contributed by atoms with Gasteiger partial charge in [-0.1, -0.05) is 30.3 Å². The van der Waals surface area contributed by atoms with E-state index in [9.17, 15) is 4.79 Å². The van der Waals surface area contributed by atoms with Gasteiger partial charge in [-0.15, -0.1) is 0 Å². The SMILES string of the molecule is CCOc1ccc(Nc2cc(C(=O)NCc3ccc(OC)cc3)c3ccccc3n2)cc1. The van der Waals surface area contributed by atoms with Crippen molar-refractivity contribution < 1.29 is 14.3 Å². The predicted molar refractivity (Wildman–Crippen MR) is 127 cm³/mol. The highest BCUT2D eigenvalue weighted by Gasteiger charge is 2.13. The lowest BCUT2D eigenvalue weighted by atomic mass is 10.1. The lowest BCUT2D eigenvalue weighted by Gasteiger charge is -2.12. The summed E-state index contributed by atoms with van der Waals surface area (Å²) in [5, 5.41) is 7.09. The van der Waals surface area contributed by atoms with Gasteiger partial charge in [-0.05, 0) is 61.0 Å². The lowest BCUT2D eigenvalue weighted by molar-refractivity contribution is 0.0952. The lowest BCUT2D eigenvalue weighted by Crippen LogP contribution is -2.23. The molecule has 6 heteroatoms. The van der Waals surface area contributed by atoms with E-state index in [1.807, 2.05) is 79.7 Å². The number of hydrogen-bond acceptors (Lipinski definition) is 5. The van der Waals surface area contributed by atoms with Gasteiger partial charge in [-0.25, -0.2) is 4.98 Å². The molecular formula is C26H25N3O3. The Morgan fingerprint density at radius 2 is 1.66 bits per heavy atom. The van der Waals surface area contributed by atoms with Crippen LogP contribution in [0.1, 0.15) is 22.8 Å². The number of aromatic nitrogens is 1. The molecule has 4 rings (SSSR count). The van der Waals surface area contributed by atoms with Crippen molar-refractivity contribution in [1.82, 2.24) is 10.3 Å². The normalized spacial score (nSPS) is 10.6. The molecule has 0 spiro atoms. The first kappa shape index (κ1) is 21.2. The van der Waals surface area contributed by atoms with Crippen LogP contribution >= 0.6 is 0 Å². The van der Waals surface area contributed by atoms with Crippen LogP contribution in [0.4, 0.5) is 11.5 Å². The van der Waals surface area contributed by atoms with Crippen LogP contribution in [0.25, 0.3) is 10.9 Å². The topological polar surface area (TPSA) is 72.5 Å². The number of ether oxygens (including phenoxy) is 2. The summed E-state index contributed by atoms with van der Waals surface area (Å²) >= 11 is 0. The highest BCUT2D eigenvalue weighted by Crippen LogP contribution is 2.24. The van der Waals surface area contributed by atoms with Crippen molar-refractivity contribution in [2.24, 2.45) is 0 Å². The average molecular weight is 428 g/mol. The molecule has 0 aliphatic carbocycles. The first-order valence-electron chi connectivity index (χ1n) is 10.5. The minimum atomic E-state index is -0.158. The van der Waals surface area contributed by atoms with E-state index in [4.69, 9.17) is 9.47 Å². The molecule has 4 aromatic rings. The summed E-state index contributed by atoms with van der Waals surface area (Å²) in [6, 6.07) is 24.7. The highest BCUT2D eigenvalue weighted by atomic mass is 16.5. The number of nitrogens with one attached hydrogen (secondary N) is 2. The third-order valence-electron chi connectivity index (χ3n) is 5.01. The minimum absolute atomic E-state index is 0.158. The molecule has 1 amide bonds. The summed E-state index contributed by atoms with van der Waals surface area (Å²) < 4.78 is 10.7. The molecule has 0 aliphatic rings. The number of benzene rings is 3. The molecule has 0 saturated heterocycles. The van der Waals surface area contributed by atoms with Gasteiger partial charge in [0.1, 0.15) is 17.3 Å². The smallest absolute Gasteiger partial charge is 0.252 e. The van der Waals surface area contributed by atoms with Crippen LogP contribution < -0.4 is 20.1 Å². The van der Waals surface area contributed by atoms with Gasteiger partial charge in [0.05, 0.1) is 24.8 Å². The maximum absolute atomic E-state index is 13.1. The Morgan fingerprint density at radius 3 is 2.38 bits per heavy atom. The molecule has 32 heavy (non-hydrogen) atoms. The van der Waals surface area contributed by atoms with Crippen LogP contribution in [-0.2, 0) is 6.54 Å². The summed E-state index contributed by atoms with van der Waals surface area (Å²) in [6.07, 6.45) is 0. The number of para-hydroxylation sites is 1. The zero-order valence-electron chi connectivity index (χ0n) is 18.1. The van der Waals surface area contributed by atoms with E-state index in [2.05, 4.69) is 15.6 Å². The van der Waals surface area contributed by atoms with Gasteiger partial charge in [-0.2, -0.15) is 0 Å². The van der Waals surface area contributed by atoms with Gasteiger partial charge < -0.3 is 20.1 Å². The zero-order valence-corrected chi connectivity index (χ0v) is 18.1. The van der Waals surface area contributed by atoms with Crippen molar-refractivity contribution >= 4 is 28.3 Å². The van der Waals surface area contributed by atoms with Gasteiger partial charge in [0.2, 0.25) is 0 Å². The third-order valence-corrected chi connectivity index (χ3v) is 5.01. The monoisotopic (exact) mass is 427 g/mol. The molecule has 0 aliphatic heterocycles. The molecule has 0 atom stereocenters. The van der Waals surface area contributed by atoms with Crippen molar-refractivity contribution in [3.05, 3.63) is 90.0 Å². The summed E-state index contributed by atoms with van der Waals surface area (Å²) in [5.74, 6) is 2.03. The fourth-order valence-corrected chi connectivity index (χ4v) is 3.40. The molecule has 6 nitrogen and oxygen atoms in total. The van der Waals surface area contributed by atoms with Crippen LogP contribution in [0.15, 0.2) is 78.9 Å². The molecule has 0 bridgehead atoms. The van der Waals surface area contributed by atoms with Gasteiger partial charge in [0.15, 0.2) is 0 Å². The number of nitrogens with zero attached hydrogens (tertiary/aromatic N) is 1. The second-order valence-corrected chi connectivity index (χ2v) is 7.19. The van der Waals surface area contributed by atoms with Crippen LogP contribution in [-0.4, -0.2) is 24.6 Å². The number of amides is 1. The minimum Gasteiger partial charge on any atom is -0.497 e. The molecule has 1 aromatic heterocycles. The number of carbonyl (C=O) groups excluding carboxylic acids is 1. The summed E-state index contributed by atoms with van der Waals surface area (Å²) in [4.78, 5) is 17.7. The number of anilines is 2. The van der Waals surface area contributed by atoms with Gasteiger partial charge in [0.25, 0.3) is 5.91 Å². The molecule has 3 aromatic carbocycles. The second-order valence-electron chi connectivity index (χ2n) is 7.19. The fraction of sp³-hybridized carbons (Fsp3) is 0.154. The Hall–Kier alpha value is -4.06. The van der Waals surface area contributed by atoms with Gasteiger partial charge in [0, 0.05) is 17.6 Å². The van der Waals surface area contributed by atoms with E-state index in [0.29, 0.717) is 24.5 Å². The largest absolute Gasteiger partial charge is 0.497 e. The molecule has 2 N–H and O–H groups in total. The maximum Gasteiger partial charge on any atom is 0.252 e. The molecule has 0 fully saturated rings. The number of rotatable bonds is 8. The number of carbonyl (C=O) groups is 1. The Morgan fingerprint density at radius 1 is 0.938 bits per heavy atom. The molecule has 1 heterocycles. The predicted octanol–water partition coefficient (Wildman–Crippen LogP) is 5.32. The molecule has 0 radical (unpaired) electrons. The molecular weight excluding hydrogens is 402 g/mol. The standard InChI is InChI=1S/C26H25N3O3/c1-3-32-21-14-10-19(11-15-21)28-25-16-23(22-6-4-5-7-24(22)29-25)26(30)27-17-18-8-12-20(31-2)13-9-18/h4-16H,3,17H2,1-2H3,(H,27,30)(H,28,29). The van der Waals surface area contributed by atoms with Crippen molar-refractivity contribution in [3.8, 4) is 11.5 Å². The van der Waals surface area contributed by atoms with E-state index in [0.717, 1.165) is 33.7 Å². The Kier molecular flexibility index (Phi) is 6.51. The first-order valence-corrected chi connectivity index (χ1v) is 10.5. The van der Waals surface area contributed by atoms with Crippen molar-refractivity contribution in [2.45, 2.75) is 13.5 Å². The van der Waals surface area contributed by atoms with Gasteiger partial charge in [-0.3, -0.25) is 4.79 Å². The van der Waals surface area contributed by atoms with E-state index in [-0.39, 0.29) is 5.91 Å². The van der Waals surface area contributed by atoms with E-state index in [1.54, 1.807) is 13.2 Å². The molecule has 162 valence electrons. The van der Waals surface area contributed by atoms with Crippen molar-refractivity contribution in [3.63, 3.8) is 0 Å². The summed E-state index contributed by atoms with van der Waals surface area (Å²) in [7, 11) is 1.63. The van der Waals surface area contributed by atoms with E-state index in [1.165, 1.54) is 0 Å². The maximum atomic E-state index is 13.1.